The summed E-state index contributed by atoms with van der Waals surface area (Å²) in [6.45, 7) is 7.47. The highest BCUT2D eigenvalue weighted by atomic mass is 19.1. The van der Waals surface area contributed by atoms with Crippen molar-refractivity contribution >= 4 is 5.78 Å². The Morgan fingerprint density at radius 1 is 1.19 bits per heavy atom. The number of hydrogen-bond acceptors (Lipinski definition) is 1. The summed E-state index contributed by atoms with van der Waals surface area (Å²) in [7, 11) is 0. The lowest BCUT2D eigenvalue weighted by molar-refractivity contribution is -0.118. The van der Waals surface area contributed by atoms with Gasteiger partial charge in [-0.05, 0) is 51.5 Å². The second-order valence-corrected chi connectivity index (χ2v) is 4.72. The van der Waals surface area contributed by atoms with Crippen molar-refractivity contribution in [2.24, 2.45) is 0 Å². The number of benzene rings is 1. The van der Waals surface area contributed by atoms with Crippen LogP contribution in [-0.4, -0.2) is 5.78 Å². The number of ketones is 1. The molecule has 1 aromatic carbocycles. The van der Waals surface area contributed by atoms with E-state index in [1.165, 1.54) is 12.1 Å². The third kappa shape index (κ3) is 2.78. The van der Waals surface area contributed by atoms with Gasteiger partial charge < -0.3 is 0 Å². The Kier molecular flexibility index (Phi) is 3.63. The minimum absolute atomic E-state index is 0.0408. The quantitative estimate of drug-likeness (QED) is 0.711. The zero-order valence-corrected chi connectivity index (χ0v) is 10.2. The molecule has 0 amide bonds. The predicted molar refractivity (Wildman–Crippen MR) is 63.9 cm³/mol. The van der Waals surface area contributed by atoms with Crippen LogP contribution in [0.1, 0.15) is 33.3 Å². The van der Waals surface area contributed by atoms with Crippen molar-refractivity contribution in [2.45, 2.75) is 33.1 Å². The number of halogens is 1. The van der Waals surface area contributed by atoms with E-state index in [9.17, 15) is 9.18 Å². The summed E-state index contributed by atoms with van der Waals surface area (Å²) in [6, 6.07) is 6.08. The number of carbonyl (C=O) groups is 1. The molecule has 1 nitrogen and oxygen atoms in total. The number of carbonyl (C=O) groups excluding carboxylic acids is 1. The summed E-state index contributed by atoms with van der Waals surface area (Å²) < 4.78 is 12.8. The molecule has 0 fully saturated rings. The van der Waals surface area contributed by atoms with Gasteiger partial charge in [0, 0.05) is 0 Å². The SMILES string of the molecule is CC(C)=CC(=O)C(C)(C)c1ccc(F)cc1. The van der Waals surface area contributed by atoms with Crippen molar-refractivity contribution in [3.63, 3.8) is 0 Å². The first kappa shape index (κ1) is 12.6. The minimum Gasteiger partial charge on any atom is -0.294 e. The summed E-state index contributed by atoms with van der Waals surface area (Å²) in [5, 5.41) is 0. The smallest absolute Gasteiger partial charge is 0.165 e. The topological polar surface area (TPSA) is 17.1 Å². The molecule has 0 N–H and O–H groups in total. The average molecular weight is 220 g/mol. The zero-order valence-electron chi connectivity index (χ0n) is 10.2. The first-order valence-electron chi connectivity index (χ1n) is 5.29. The largest absolute Gasteiger partial charge is 0.294 e. The zero-order chi connectivity index (χ0) is 12.3. The molecule has 0 saturated heterocycles. The van der Waals surface area contributed by atoms with Crippen LogP contribution in [0.25, 0.3) is 0 Å². The van der Waals surface area contributed by atoms with Gasteiger partial charge >= 0.3 is 0 Å². The summed E-state index contributed by atoms with van der Waals surface area (Å²) in [5.41, 5.74) is 1.20. The Balaban J connectivity index is 3.06. The van der Waals surface area contributed by atoms with Crippen LogP contribution < -0.4 is 0 Å². The van der Waals surface area contributed by atoms with E-state index < -0.39 is 5.41 Å². The maximum absolute atomic E-state index is 12.8. The highest BCUT2D eigenvalue weighted by Crippen LogP contribution is 2.25. The van der Waals surface area contributed by atoms with Gasteiger partial charge in [-0.15, -0.1) is 0 Å². The first-order chi connectivity index (χ1) is 7.34. The minimum atomic E-state index is -0.606. The Morgan fingerprint density at radius 2 is 1.69 bits per heavy atom. The molecule has 16 heavy (non-hydrogen) atoms. The molecule has 0 unspecified atom stereocenters. The van der Waals surface area contributed by atoms with Crippen molar-refractivity contribution in [3.8, 4) is 0 Å². The van der Waals surface area contributed by atoms with E-state index in [1.807, 2.05) is 27.7 Å². The summed E-state index contributed by atoms with van der Waals surface area (Å²) in [4.78, 5) is 12.0. The van der Waals surface area contributed by atoms with Gasteiger partial charge in [-0.2, -0.15) is 0 Å². The van der Waals surface area contributed by atoms with E-state index in [1.54, 1.807) is 18.2 Å². The fourth-order valence-corrected chi connectivity index (χ4v) is 1.45. The molecule has 0 aromatic heterocycles. The van der Waals surface area contributed by atoms with Crippen LogP contribution in [-0.2, 0) is 10.2 Å². The van der Waals surface area contributed by atoms with Gasteiger partial charge in [-0.3, -0.25) is 4.79 Å². The maximum atomic E-state index is 12.8. The van der Waals surface area contributed by atoms with Crippen molar-refractivity contribution in [3.05, 3.63) is 47.3 Å². The second-order valence-electron chi connectivity index (χ2n) is 4.72. The van der Waals surface area contributed by atoms with Crippen molar-refractivity contribution in [1.29, 1.82) is 0 Å². The molecular formula is C14H17FO. The van der Waals surface area contributed by atoms with Crippen LogP contribution in [0.5, 0.6) is 0 Å². The molecule has 1 rings (SSSR count). The van der Waals surface area contributed by atoms with Crippen LogP contribution in [0, 0.1) is 5.82 Å². The number of allylic oxidation sites excluding steroid dienone is 2. The summed E-state index contributed by atoms with van der Waals surface area (Å²) in [5.74, 6) is -0.242. The molecule has 0 aliphatic rings. The molecule has 0 saturated carbocycles. The standard InChI is InChI=1S/C14H17FO/c1-10(2)9-13(16)14(3,4)11-5-7-12(15)8-6-11/h5-9H,1-4H3. The van der Waals surface area contributed by atoms with E-state index in [2.05, 4.69) is 0 Å². The van der Waals surface area contributed by atoms with E-state index in [0.717, 1.165) is 11.1 Å². The van der Waals surface area contributed by atoms with Crippen LogP contribution >= 0.6 is 0 Å². The van der Waals surface area contributed by atoms with Crippen LogP contribution in [0.2, 0.25) is 0 Å². The molecule has 0 atom stereocenters. The molecule has 0 spiro atoms. The van der Waals surface area contributed by atoms with E-state index in [-0.39, 0.29) is 11.6 Å². The highest BCUT2D eigenvalue weighted by molar-refractivity contribution is 5.98. The van der Waals surface area contributed by atoms with Crippen LogP contribution in [0.15, 0.2) is 35.9 Å². The second kappa shape index (κ2) is 4.60. The van der Waals surface area contributed by atoms with Gasteiger partial charge in [0.25, 0.3) is 0 Å². The molecular weight excluding hydrogens is 203 g/mol. The molecule has 1 aromatic rings. The van der Waals surface area contributed by atoms with Crippen LogP contribution in [0.4, 0.5) is 4.39 Å². The fourth-order valence-electron chi connectivity index (χ4n) is 1.45. The third-order valence-corrected chi connectivity index (χ3v) is 2.60. The fraction of sp³-hybridized carbons (Fsp3) is 0.357. The molecule has 0 aliphatic heterocycles. The van der Waals surface area contributed by atoms with Crippen LogP contribution in [0.3, 0.4) is 0 Å². The molecule has 0 heterocycles. The molecule has 86 valence electrons. The van der Waals surface area contributed by atoms with Gasteiger partial charge in [-0.25, -0.2) is 4.39 Å². The Hall–Kier alpha value is -1.44. The van der Waals surface area contributed by atoms with E-state index in [4.69, 9.17) is 0 Å². The van der Waals surface area contributed by atoms with Crippen molar-refractivity contribution < 1.29 is 9.18 Å². The van der Waals surface area contributed by atoms with E-state index in [0.29, 0.717) is 0 Å². The van der Waals surface area contributed by atoms with Gasteiger partial charge in [0.1, 0.15) is 5.82 Å². The Labute approximate surface area is 96.0 Å². The lowest BCUT2D eigenvalue weighted by Crippen LogP contribution is -2.27. The third-order valence-electron chi connectivity index (χ3n) is 2.60. The number of hydrogen-bond donors (Lipinski definition) is 0. The van der Waals surface area contributed by atoms with Gasteiger partial charge in [-0.1, -0.05) is 17.7 Å². The molecule has 0 bridgehead atoms. The maximum Gasteiger partial charge on any atom is 0.165 e. The van der Waals surface area contributed by atoms with Crippen molar-refractivity contribution in [2.75, 3.05) is 0 Å². The Bertz CT molecular complexity index is 409. The normalized spacial score (nSPS) is 11.1. The van der Waals surface area contributed by atoms with Crippen molar-refractivity contribution in [1.82, 2.24) is 0 Å². The molecule has 2 heteroatoms. The van der Waals surface area contributed by atoms with Gasteiger partial charge in [0.15, 0.2) is 5.78 Å². The highest BCUT2D eigenvalue weighted by Gasteiger charge is 2.27. The average Bonchev–Trinajstić information content (AvgIpc) is 2.17. The molecule has 0 aliphatic carbocycles. The lowest BCUT2D eigenvalue weighted by atomic mass is 9.80. The number of rotatable bonds is 3. The monoisotopic (exact) mass is 220 g/mol. The van der Waals surface area contributed by atoms with Gasteiger partial charge in [0.05, 0.1) is 5.41 Å². The predicted octanol–water partition coefficient (Wildman–Crippen LogP) is 3.64. The summed E-state index contributed by atoms with van der Waals surface area (Å²) in [6.07, 6.45) is 1.63. The summed E-state index contributed by atoms with van der Waals surface area (Å²) >= 11 is 0. The van der Waals surface area contributed by atoms with Gasteiger partial charge in [0.2, 0.25) is 0 Å². The first-order valence-corrected chi connectivity index (χ1v) is 5.29. The molecule has 0 radical (unpaired) electrons. The Morgan fingerprint density at radius 3 is 2.12 bits per heavy atom. The van der Waals surface area contributed by atoms with E-state index >= 15 is 0 Å². The lowest BCUT2D eigenvalue weighted by Gasteiger charge is -2.22.